The lowest BCUT2D eigenvalue weighted by Crippen LogP contribution is -2.23. The summed E-state index contributed by atoms with van der Waals surface area (Å²) in [7, 11) is 0. The summed E-state index contributed by atoms with van der Waals surface area (Å²) in [6, 6.07) is 9.86. The average Bonchev–Trinajstić information content (AvgIpc) is 2.26. The van der Waals surface area contributed by atoms with E-state index in [-0.39, 0.29) is 5.97 Å². The summed E-state index contributed by atoms with van der Waals surface area (Å²) < 4.78 is 5.24. The Balaban J connectivity index is 2.44. The Morgan fingerprint density at radius 3 is 2.28 bits per heavy atom. The fourth-order valence-corrected chi connectivity index (χ4v) is 1.55. The van der Waals surface area contributed by atoms with Gasteiger partial charge in [0.25, 0.3) is 0 Å². The minimum absolute atomic E-state index is 0.177. The molecular formula is C15H19NO2. The Morgan fingerprint density at radius 2 is 1.78 bits per heavy atom. The number of hydrogen-bond acceptors (Lipinski definition) is 3. The topological polar surface area (TPSA) is 50.1 Å². The number of nitrogens with zero attached hydrogens (tertiary/aromatic N) is 1. The van der Waals surface area contributed by atoms with E-state index in [9.17, 15) is 4.79 Å². The molecule has 0 amide bonds. The molecule has 0 saturated carbocycles. The summed E-state index contributed by atoms with van der Waals surface area (Å²) in [5, 5.41) is 8.56. The molecule has 0 aromatic heterocycles. The zero-order valence-corrected chi connectivity index (χ0v) is 11.2. The second-order valence-corrected chi connectivity index (χ2v) is 5.24. The Bertz CT molecular complexity index is 435. The molecule has 0 aliphatic heterocycles. The van der Waals surface area contributed by atoms with Crippen molar-refractivity contribution < 1.29 is 9.53 Å². The number of rotatable bonds is 4. The molecule has 1 rings (SSSR count). The third-order valence-electron chi connectivity index (χ3n) is 2.34. The van der Waals surface area contributed by atoms with Gasteiger partial charge < -0.3 is 4.74 Å². The fourth-order valence-electron chi connectivity index (χ4n) is 1.55. The Hall–Kier alpha value is -1.82. The lowest BCUT2D eigenvalue weighted by atomic mass is 10.1. The maximum Gasteiger partial charge on any atom is 0.306 e. The molecule has 0 fully saturated rings. The molecule has 1 aromatic rings. The normalized spacial score (nSPS) is 10.8. The molecule has 3 heteroatoms. The number of esters is 1. The molecule has 96 valence electrons. The standard InChI is InChI=1S/C15H19NO2/c1-15(2,3)18-14(17)9-8-12-4-6-13(7-5-12)10-11-16/h4-7H,8-10H2,1-3H3. The Kier molecular flexibility index (Phi) is 4.91. The molecule has 0 spiro atoms. The predicted molar refractivity (Wildman–Crippen MR) is 69.9 cm³/mol. The first-order valence-corrected chi connectivity index (χ1v) is 6.07. The van der Waals surface area contributed by atoms with Gasteiger partial charge in [-0.1, -0.05) is 24.3 Å². The van der Waals surface area contributed by atoms with Crippen LogP contribution in [0.5, 0.6) is 0 Å². The summed E-state index contributed by atoms with van der Waals surface area (Å²) in [6.07, 6.45) is 1.48. The van der Waals surface area contributed by atoms with Gasteiger partial charge in [-0.05, 0) is 38.3 Å². The van der Waals surface area contributed by atoms with Crippen molar-refractivity contribution >= 4 is 5.97 Å². The van der Waals surface area contributed by atoms with E-state index in [1.54, 1.807) is 0 Å². The molecular weight excluding hydrogens is 226 g/mol. The van der Waals surface area contributed by atoms with E-state index in [0.29, 0.717) is 19.3 Å². The van der Waals surface area contributed by atoms with E-state index in [0.717, 1.165) is 11.1 Å². The van der Waals surface area contributed by atoms with Crippen LogP contribution in [-0.4, -0.2) is 11.6 Å². The first-order valence-electron chi connectivity index (χ1n) is 6.07. The van der Waals surface area contributed by atoms with Crippen LogP contribution in [0, 0.1) is 11.3 Å². The molecule has 0 N–H and O–H groups in total. The first kappa shape index (κ1) is 14.2. The van der Waals surface area contributed by atoms with Crippen molar-refractivity contribution in [3.8, 4) is 6.07 Å². The smallest absolute Gasteiger partial charge is 0.306 e. The molecule has 0 radical (unpaired) electrons. The minimum Gasteiger partial charge on any atom is -0.460 e. The van der Waals surface area contributed by atoms with Crippen molar-refractivity contribution in [1.82, 2.24) is 0 Å². The molecule has 3 nitrogen and oxygen atoms in total. The van der Waals surface area contributed by atoms with Gasteiger partial charge in [0.2, 0.25) is 0 Å². The fraction of sp³-hybridized carbons (Fsp3) is 0.467. The van der Waals surface area contributed by atoms with Crippen molar-refractivity contribution in [2.75, 3.05) is 0 Å². The molecule has 0 saturated heterocycles. The second kappa shape index (κ2) is 6.20. The van der Waals surface area contributed by atoms with Gasteiger partial charge >= 0.3 is 5.97 Å². The molecule has 1 aromatic carbocycles. The third-order valence-corrected chi connectivity index (χ3v) is 2.34. The van der Waals surface area contributed by atoms with Crippen LogP contribution in [0.15, 0.2) is 24.3 Å². The van der Waals surface area contributed by atoms with Crippen LogP contribution < -0.4 is 0 Å². The number of hydrogen-bond donors (Lipinski definition) is 0. The Morgan fingerprint density at radius 1 is 1.22 bits per heavy atom. The Labute approximate surface area is 108 Å². The zero-order valence-electron chi connectivity index (χ0n) is 11.2. The highest BCUT2D eigenvalue weighted by atomic mass is 16.6. The predicted octanol–water partition coefficient (Wildman–Crippen LogP) is 3.03. The van der Waals surface area contributed by atoms with Crippen LogP contribution in [0.25, 0.3) is 0 Å². The van der Waals surface area contributed by atoms with Crippen molar-refractivity contribution in [3.63, 3.8) is 0 Å². The third kappa shape index (κ3) is 5.49. The van der Waals surface area contributed by atoms with Crippen LogP contribution in [0.2, 0.25) is 0 Å². The molecule has 0 bridgehead atoms. The molecule has 0 heterocycles. The minimum atomic E-state index is -0.423. The van der Waals surface area contributed by atoms with E-state index in [2.05, 4.69) is 6.07 Å². The highest BCUT2D eigenvalue weighted by Gasteiger charge is 2.15. The van der Waals surface area contributed by atoms with Crippen molar-refractivity contribution in [2.45, 2.75) is 45.6 Å². The lowest BCUT2D eigenvalue weighted by molar-refractivity contribution is -0.154. The van der Waals surface area contributed by atoms with Crippen molar-refractivity contribution in [1.29, 1.82) is 5.26 Å². The molecule has 0 unspecified atom stereocenters. The van der Waals surface area contributed by atoms with Crippen molar-refractivity contribution in [3.05, 3.63) is 35.4 Å². The van der Waals surface area contributed by atoms with Gasteiger partial charge in [0, 0.05) is 6.42 Å². The quantitative estimate of drug-likeness (QED) is 0.766. The average molecular weight is 245 g/mol. The van der Waals surface area contributed by atoms with Crippen LogP contribution >= 0.6 is 0 Å². The molecule has 18 heavy (non-hydrogen) atoms. The number of benzene rings is 1. The van der Waals surface area contributed by atoms with E-state index < -0.39 is 5.60 Å². The van der Waals surface area contributed by atoms with Crippen LogP contribution in [-0.2, 0) is 22.4 Å². The monoisotopic (exact) mass is 245 g/mol. The van der Waals surface area contributed by atoms with Crippen LogP contribution in [0.4, 0.5) is 0 Å². The van der Waals surface area contributed by atoms with E-state index in [4.69, 9.17) is 10.00 Å². The summed E-state index contributed by atoms with van der Waals surface area (Å²) in [5.41, 5.74) is 1.66. The number of aryl methyl sites for hydroxylation is 1. The number of ether oxygens (including phenoxy) is 1. The van der Waals surface area contributed by atoms with Gasteiger partial charge in [0.1, 0.15) is 5.60 Å². The van der Waals surface area contributed by atoms with Gasteiger partial charge in [0.05, 0.1) is 12.5 Å². The summed E-state index contributed by atoms with van der Waals surface area (Å²) >= 11 is 0. The van der Waals surface area contributed by atoms with Crippen LogP contribution in [0.1, 0.15) is 38.3 Å². The first-order chi connectivity index (χ1) is 8.40. The van der Waals surface area contributed by atoms with E-state index >= 15 is 0 Å². The summed E-state index contributed by atoms with van der Waals surface area (Å²) in [4.78, 5) is 11.5. The summed E-state index contributed by atoms with van der Waals surface area (Å²) in [6.45, 7) is 5.59. The van der Waals surface area contributed by atoms with E-state index in [1.807, 2.05) is 45.0 Å². The SMILES string of the molecule is CC(C)(C)OC(=O)CCc1ccc(CC#N)cc1. The number of carbonyl (C=O) groups is 1. The number of nitriles is 1. The zero-order chi connectivity index (χ0) is 13.6. The van der Waals surface area contributed by atoms with E-state index in [1.165, 1.54) is 0 Å². The summed E-state index contributed by atoms with van der Waals surface area (Å²) in [5.74, 6) is -0.177. The van der Waals surface area contributed by atoms with Gasteiger partial charge in [-0.25, -0.2) is 0 Å². The van der Waals surface area contributed by atoms with Gasteiger partial charge in [-0.3, -0.25) is 4.79 Å². The maximum atomic E-state index is 11.5. The van der Waals surface area contributed by atoms with Gasteiger partial charge in [-0.15, -0.1) is 0 Å². The molecule has 0 atom stereocenters. The van der Waals surface area contributed by atoms with Gasteiger partial charge in [-0.2, -0.15) is 5.26 Å². The second-order valence-electron chi connectivity index (χ2n) is 5.24. The molecule has 0 aliphatic carbocycles. The number of carbonyl (C=O) groups excluding carboxylic acids is 1. The highest BCUT2D eigenvalue weighted by molar-refractivity contribution is 5.70. The van der Waals surface area contributed by atoms with Crippen molar-refractivity contribution in [2.24, 2.45) is 0 Å². The van der Waals surface area contributed by atoms with Gasteiger partial charge in [0.15, 0.2) is 0 Å². The molecule has 0 aliphatic rings. The lowest BCUT2D eigenvalue weighted by Gasteiger charge is -2.19. The highest BCUT2D eigenvalue weighted by Crippen LogP contribution is 2.11. The largest absolute Gasteiger partial charge is 0.460 e. The maximum absolute atomic E-state index is 11.5. The van der Waals surface area contributed by atoms with Crippen LogP contribution in [0.3, 0.4) is 0 Å².